The molecule has 2 heterocycles. The Balaban J connectivity index is 1.80. The van der Waals surface area contributed by atoms with E-state index in [9.17, 15) is 20.0 Å². The van der Waals surface area contributed by atoms with Gasteiger partial charge in [-0.05, 0) is 36.6 Å². The largest absolute Gasteiger partial charge is 0.494 e. The highest BCUT2D eigenvalue weighted by atomic mass is 16.5. The quantitative estimate of drug-likeness (QED) is 0.498. The Morgan fingerprint density at radius 2 is 1.86 bits per heavy atom. The standard InChI is InChI=1S/C28H30N4O5/c1-4-5-13-23-30-26(33)24(28(35)32(23)25-21(36-2)11-8-12-22(25)37-3)27(34)31-15-14-19(17-31)20-10-7-6-9-18(20)16-29/h6-12,19,33H,4-5,13-15,17H2,1-3H3. The zero-order valence-corrected chi connectivity index (χ0v) is 21.2. The summed E-state index contributed by atoms with van der Waals surface area (Å²) >= 11 is 0. The average Bonchev–Trinajstić information content (AvgIpc) is 3.41. The molecule has 192 valence electrons. The number of aromatic nitrogens is 2. The van der Waals surface area contributed by atoms with Crippen LogP contribution in [0.2, 0.25) is 0 Å². The molecule has 0 aliphatic carbocycles. The summed E-state index contributed by atoms with van der Waals surface area (Å²) in [6.07, 6.45) is 2.62. The van der Waals surface area contributed by atoms with Gasteiger partial charge in [-0.1, -0.05) is 37.6 Å². The summed E-state index contributed by atoms with van der Waals surface area (Å²) in [6, 6.07) is 14.6. The first-order valence-electron chi connectivity index (χ1n) is 12.3. The van der Waals surface area contributed by atoms with Gasteiger partial charge in [0, 0.05) is 25.4 Å². The summed E-state index contributed by atoms with van der Waals surface area (Å²) in [5.41, 5.74) is 0.674. The first kappa shape index (κ1) is 25.8. The molecule has 1 amide bonds. The third-order valence-electron chi connectivity index (χ3n) is 6.72. The van der Waals surface area contributed by atoms with Crippen molar-refractivity contribution >= 4 is 5.91 Å². The van der Waals surface area contributed by atoms with Crippen LogP contribution in [0.5, 0.6) is 17.4 Å². The van der Waals surface area contributed by atoms with Crippen molar-refractivity contribution < 1.29 is 19.4 Å². The molecule has 9 nitrogen and oxygen atoms in total. The van der Waals surface area contributed by atoms with E-state index in [1.54, 1.807) is 30.3 Å². The minimum Gasteiger partial charge on any atom is -0.494 e. The molecule has 1 aliphatic rings. The van der Waals surface area contributed by atoms with Crippen LogP contribution in [0, 0.1) is 11.3 Å². The molecule has 1 fully saturated rings. The van der Waals surface area contributed by atoms with Crippen molar-refractivity contribution in [3.05, 3.63) is 75.3 Å². The number of ether oxygens (including phenoxy) is 2. The molecule has 4 rings (SSSR count). The first-order valence-corrected chi connectivity index (χ1v) is 12.3. The molecule has 3 aromatic rings. The van der Waals surface area contributed by atoms with Gasteiger partial charge in [0.2, 0.25) is 5.88 Å². The van der Waals surface area contributed by atoms with Gasteiger partial charge in [0.05, 0.1) is 25.9 Å². The molecule has 1 aliphatic heterocycles. The number of aryl methyl sites for hydroxylation is 1. The van der Waals surface area contributed by atoms with Crippen LogP contribution >= 0.6 is 0 Å². The second kappa shape index (κ2) is 11.2. The number of amides is 1. The number of methoxy groups -OCH3 is 2. The van der Waals surface area contributed by atoms with Crippen LogP contribution in [0.15, 0.2) is 47.3 Å². The molecule has 37 heavy (non-hydrogen) atoms. The lowest BCUT2D eigenvalue weighted by atomic mass is 9.94. The number of nitriles is 1. The van der Waals surface area contributed by atoms with E-state index in [4.69, 9.17) is 9.47 Å². The number of carbonyl (C=O) groups excluding carboxylic acids is 1. The van der Waals surface area contributed by atoms with Gasteiger partial charge in [0.25, 0.3) is 11.5 Å². The van der Waals surface area contributed by atoms with Gasteiger partial charge in [-0.2, -0.15) is 10.2 Å². The Morgan fingerprint density at radius 3 is 2.51 bits per heavy atom. The fourth-order valence-corrected chi connectivity index (χ4v) is 4.84. The zero-order chi connectivity index (χ0) is 26.5. The second-order valence-corrected chi connectivity index (χ2v) is 8.92. The molecular weight excluding hydrogens is 472 g/mol. The van der Waals surface area contributed by atoms with Crippen molar-refractivity contribution in [1.82, 2.24) is 14.5 Å². The number of aromatic hydroxyl groups is 1. The summed E-state index contributed by atoms with van der Waals surface area (Å²) in [4.78, 5) is 33.4. The van der Waals surface area contributed by atoms with Crippen LogP contribution in [0.1, 0.15) is 59.4 Å². The number of para-hydroxylation sites is 1. The third kappa shape index (κ3) is 4.87. The number of rotatable bonds is 8. The molecule has 1 unspecified atom stereocenters. The van der Waals surface area contributed by atoms with Gasteiger partial charge in [-0.25, -0.2) is 0 Å². The Labute approximate surface area is 215 Å². The summed E-state index contributed by atoms with van der Waals surface area (Å²) < 4.78 is 12.4. The monoisotopic (exact) mass is 502 g/mol. The fourth-order valence-electron chi connectivity index (χ4n) is 4.84. The van der Waals surface area contributed by atoms with Crippen molar-refractivity contribution in [2.24, 2.45) is 0 Å². The molecule has 0 bridgehead atoms. The van der Waals surface area contributed by atoms with Crippen molar-refractivity contribution in [3.63, 3.8) is 0 Å². The van der Waals surface area contributed by atoms with Gasteiger partial charge < -0.3 is 19.5 Å². The smallest absolute Gasteiger partial charge is 0.275 e. The molecule has 1 saturated heterocycles. The molecule has 0 saturated carbocycles. The zero-order valence-electron chi connectivity index (χ0n) is 21.2. The molecule has 9 heteroatoms. The molecule has 1 atom stereocenters. The number of carbonyl (C=O) groups is 1. The Morgan fingerprint density at radius 1 is 1.16 bits per heavy atom. The number of hydrogen-bond donors (Lipinski definition) is 1. The molecule has 0 spiro atoms. The SMILES string of the molecule is CCCCc1nc(O)c(C(=O)N2CCC(c3ccccc3C#N)C2)c(=O)n1-c1c(OC)cccc1OC. The number of benzene rings is 2. The van der Waals surface area contributed by atoms with Crippen LogP contribution in [0.25, 0.3) is 5.69 Å². The van der Waals surface area contributed by atoms with Gasteiger partial charge in [0.1, 0.15) is 23.0 Å². The number of hydrogen-bond acceptors (Lipinski definition) is 7. The first-order chi connectivity index (χ1) is 17.9. The minimum atomic E-state index is -0.688. The van der Waals surface area contributed by atoms with Gasteiger partial charge in [0.15, 0.2) is 5.56 Å². The molecule has 2 aromatic carbocycles. The number of likely N-dealkylation sites (tertiary alicyclic amines) is 1. The van der Waals surface area contributed by atoms with Gasteiger partial charge >= 0.3 is 0 Å². The normalized spacial score (nSPS) is 14.9. The highest BCUT2D eigenvalue weighted by Gasteiger charge is 2.34. The van der Waals surface area contributed by atoms with E-state index in [2.05, 4.69) is 11.1 Å². The maximum atomic E-state index is 13.9. The van der Waals surface area contributed by atoms with E-state index < -0.39 is 22.9 Å². The average molecular weight is 503 g/mol. The van der Waals surface area contributed by atoms with E-state index in [0.717, 1.165) is 18.4 Å². The fraction of sp³-hybridized carbons (Fsp3) is 0.357. The number of nitrogens with zero attached hydrogens (tertiary/aromatic N) is 4. The lowest BCUT2D eigenvalue weighted by Crippen LogP contribution is -2.37. The predicted molar refractivity (Wildman–Crippen MR) is 138 cm³/mol. The Hall–Kier alpha value is -4.32. The lowest BCUT2D eigenvalue weighted by molar-refractivity contribution is 0.0784. The Kier molecular flexibility index (Phi) is 7.77. The van der Waals surface area contributed by atoms with Crippen LogP contribution in [-0.4, -0.2) is 52.8 Å². The molecule has 1 aromatic heterocycles. The van der Waals surface area contributed by atoms with E-state index in [1.807, 2.05) is 19.1 Å². The van der Waals surface area contributed by atoms with E-state index in [-0.39, 0.29) is 5.92 Å². The third-order valence-corrected chi connectivity index (χ3v) is 6.72. The summed E-state index contributed by atoms with van der Waals surface area (Å²) in [7, 11) is 2.97. The second-order valence-electron chi connectivity index (χ2n) is 8.92. The van der Waals surface area contributed by atoms with Gasteiger partial charge in [-0.15, -0.1) is 0 Å². The van der Waals surface area contributed by atoms with Crippen LogP contribution in [0.3, 0.4) is 0 Å². The molecule has 0 radical (unpaired) electrons. The maximum Gasteiger partial charge on any atom is 0.275 e. The Bertz CT molecular complexity index is 1390. The topological polar surface area (TPSA) is 118 Å². The van der Waals surface area contributed by atoms with Crippen LogP contribution < -0.4 is 15.0 Å². The molecule has 1 N–H and O–H groups in total. The van der Waals surface area contributed by atoms with Crippen molar-refractivity contribution in [2.75, 3.05) is 27.3 Å². The van der Waals surface area contributed by atoms with E-state index in [0.29, 0.717) is 54.5 Å². The predicted octanol–water partition coefficient (Wildman–Crippen LogP) is 3.80. The van der Waals surface area contributed by atoms with Gasteiger partial charge in [-0.3, -0.25) is 14.2 Å². The molecular formula is C28H30N4O5. The van der Waals surface area contributed by atoms with Crippen molar-refractivity contribution in [3.8, 4) is 29.1 Å². The lowest BCUT2D eigenvalue weighted by Gasteiger charge is -2.21. The summed E-state index contributed by atoms with van der Waals surface area (Å²) in [5.74, 6) is -0.177. The summed E-state index contributed by atoms with van der Waals surface area (Å²) in [5, 5.41) is 20.3. The number of unbranched alkanes of at least 4 members (excludes halogenated alkanes) is 1. The van der Waals surface area contributed by atoms with Crippen molar-refractivity contribution in [2.45, 2.75) is 38.5 Å². The van der Waals surface area contributed by atoms with Crippen LogP contribution in [-0.2, 0) is 6.42 Å². The van der Waals surface area contributed by atoms with E-state index in [1.165, 1.54) is 23.7 Å². The summed E-state index contributed by atoms with van der Waals surface area (Å²) in [6.45, 7) is 2.72. The highest BCUT2D eigenvalue weighted by Crippen LogP contribution is 2.34. The van der Waals surface area contributed by atoms with Crippen LogP contribution in [0.4, 0.5) is 0 Å². The minimum absolute atomic E-state index is 0.0460. The van der Waals surface area contributed by atoms with E-state index >= 15 is 0 Å². The maximum absolute atomic E-state index is 13.9. The van der Waals surface area contributed by atoms with Crippen molar-refractivity contribution in [1.29, 1.82) is 5.26 Å². The highest BCUT2D eigenvalue weighted by molar-refractivity contribution is 5.96.